The Labute approximate surface area is 218 Å². The Balaban J connectivity index is 1.32. The number of benzene rings is 1. The number of hydrogen-bond acceptors (Lipinski definition) is 6. The van der Waals surface area contributed by atoms with Gasteiger partial charge in [-0.05, 0) is 79.4 Å². The molecular weight excluding hydrogens is 464 g/mol. The van der Waals surface area contributed by atoms with Crippen LogP contribution in [0.3, 0.4) is 0 Å². The molecule has 2 bridgehead atoms. The van der Waals surface area contributed by atoms with E-state index in [1.165, 1.54) is 16.7 Å². The minimum Gasteiger partial charge on any atom is -0.493 e. The summed E-state index contributed by atoms with van der Waals surface area (Å²) in [6, 6.07) is 8.03. The minimum atomic E-state index is -0.914. The van der Waals surface area contributed by atoms with E-state index >= 15 is 0 Å². The molecule has 1 saturated heterocycles. The van der Waals surface area contributed by atoms with Crippen molar-refractivity contribution in [3.05, 3.63) is 65.4 Å². The molecule has 2 fully saturated rings. The van der Waals surface area contributed by atoms with Crippen molar-refractivity contribution in [2.75, 3.05) is 14.1 Å². The molecule has 1 saturated carbocycles. The fourth-order valence-corrected chi connectivity index (χ4v) is 8.55. The van der Waals surface area contributed by atoms with Gasteiger partial charge in [-0.2, -0.15) is 0 Å². The normalized spacial score (nSPS) is 42.1. The summed E-state index contributed by atoms with van der Waals surface area (Å²) in [7, 11) is 3.94. The number of allylic oxidation sites excluding steroid dienone is 3. The van der Waals surface area contributed by atoms with Gasteiger partial charge in [0.05, 0.1) is 17.3 Å². The van der Waals surface area contributed by atoms with Crippen molar-refractivity contribution in [2.24, 2.45) is 17.3 Å². The SMILES string of the molecule is CC1C=C2C=C3[C@@H](O)[C@H](O)[C@@H](N(C)C)C[C@]34CC[C@]2(O4)C2CC=C(c3ccc4cnc(O)cc4c3)[C@@]12C. The monoisotopic (exact) mass is 500 g/mol. The van der Waals surface area contributed by atoms with E-state index in [0.29, 0.717) is 6.42 Å². The van der Waals surface area contributed by atoms with E-state index in [9.17, 15) is 15.3 Å². The fraction of sp³-hybridized carbons (Fsp3) is 0.516. The van der Waals surface area contributed by atoms with Crippen molar-refractivity contribution in [3.8, 4) is 5.88 Å². The van der Waals surface area contributed by atoms with Gasteiger partial charge in [0.1, 0.15) is 6.10 Å². The highest BCUT2D eigenvalue weighted by Crippen LogP contribution is 2.69. The van der Waals surface area contributed by atoms with Gasteiger partial charge in [0.15, 0.2) is 0 Å². The average molecular weight is 501 g/mol. The standard InChI is InChI=1S/C31H36N2O4/c1-17-11-21-14-23-27(35)28(36)24(33(3)4)15-30(23)9-10-31(21,37-30)25-8-7-22(29(17,25)2)18-5-6-19-16-32-26(34)13-20(19)12-18/h5-7,11-14,16-17,24-25,27-28,35-36H,8-10,15H2,1-4H3,(H,32,34)/t17?,24-,25?,27+,28+,29+,30+,31+/m0/s1. The molecule has 37 heavy (non-hydrogen) atoms. The van der Waals surface area contributed by atoms with Crippen LogP contribution in [-0.4, -0.2) is 68.8 Å². The molecular formula is C31H36N2O4. The first kappa shape index (κ1) is 23.6. The Morgan fingerprint density at radius 1 is 1.11 bits per heavy atom. The highest BCUT2D eigenvalue weighted by molar-refractivity contribution is 5.88. The Bertz CT molecular complexity index is 1410. The van der Waals surface area contributed by atoms with Crippen molar-refractivity contribution >= 4 is 16.3 Å². The molecule has 3 aliphatic carbocycles. The molecule has 2 aliphatic heterocycles. The predicted octanol–water partition coefficient (Wildman–Crippen LogP) is 4.21. The molecule has 3 heterocycles. The van der Waals surface area contributed by atoms with Gasteiger partial charge in [-0.15, -0.1) is 0 Å². The van der Waals surface area contributed by atoms with Gasteiger partial charge in [-0.25, -0.2) is 4.98 Å². The Morgan fingerprint density at radius 2 is 1.92 bits per heavy atom. The van der Waals surface area contributed by atoms with Crippen LogP contribution in [0.4, 0.5) is 0 Å². The third kappa shape index (κ3) is 2.93. The highest BCUT2D eigenvalue weighted by Gasteiger charge is 2.68. The topological polar surface area (TPSA) is 86.1 Å². The van der Waals surface area contributed by atoms with E-state index in [4.69, 9.17) is 4.74 Å². The molecule has 0 amide bonds. The van der Waals surface area contributed by atoms with E-state index in [2.05, 4.69) is 55.3 Å². The summed E-state index contributed by atoms with van der Waals surface area (Å²) in [5, 5.41) is 34.1. The summed E-state index contributed by atoms with van der Waals surface area (Å²) in [4.78, 5) is 6.05. The van der Waals surface area contributed by atoms with Crippen molar-refractivity contribution in [1.29, 1.82) is 0 Å². The number of aromatic nitrogens is 1. The molecule has 2 spiro atoms. The van der Waals surface area contributed by atoms with Crippen LogP contribution in [0.1, 0.15) is 45.1 Å². The van der Waals surface area contributed by atoms with Crippen molar-refractivity contribution in [3.63, 3.8) is 0 Å². The molecule has 8 atom stereocenters. The summed E-state index contributed by atoms with van der Waals surface area (Å²) in [5.74, 6) is 0.588. The van der Waals surface area contributed by atoms with E-state index in [1.54, 1.807) is 12.3 Å². The van der Waals surface area contributed by atoms with Crippen LogP contribution in [0.15, 0.2) is 59.8 Å². The van der Waals surface area contributed by atoms with E-state index in [0.717, 1.165) is 35.6 Å². The van der Waals surface area contributed by atoms with Crippen LogP contribution in [0.5, 0.6) is 5.88 Å². The number of ether oxygens (including phenoxy) is 1. The number of aromatic hydroxyl groups is 1. The molecule has 5 aliphatic rings. The maximum atomic E-state index is 11.2. The van der Waals surface area contributed by atoms with Crippen LogP contribution >= 0.6 is 0 Å². The lowest BCUT2D eigenvalue weighted by Gasteiger charge is -2.57. The van der Waals surface area contributed by atoms with Gasteiger partial charge in [0.2, 0.25) is 5.88 Å². The fourth-order valence-electron chi connectivity index (χ4n) is 8.55. The first-order valence-electron chi connectivity index (χ1n) is 13.6. The van der Waals surface area contributed by atoms with Crippen LogP contribution in [-0.2, 0) is 4.74 Å². The second kappa shape index (κ2) is 7.54. The third-order valence-electron chi connectivity index (χ3n) is 10.7. The summed E-state index contributed by atoms with van der Waals surface area (Å²) >= 11 is 0. The lowest BCUT2D eigenvalue weighted by molar-refractivity contribution is -0.165. The number of aliphatic hydroxyl groups is 2. The maximum absolute atomic E-state index is 11.2. The van der Waals surface area contributed by atoms with Crippen LogP contribution in [0.25, 0.3) is 16.3 Å². The molecule has 1 aromatic heterocycles. The quantitative estimate of drug-likeness (QED) is 0.573. The van der Waals surface area contributed by atoms with Gasteiger partial charge in [-0.1, -0.05) is 44.2 Å². The van der Waals surface area contributed by atoms with E-state index in [1.807, 2.05) is 19.0 Å². The zero-order valence-corrected chi connectivity index (χ0v) is 22.0. The number of rotatable bonds is 2. The van der Waals surface area contributed by atoms with E-state index < -0.39 is 17.8 Å². The Kier molecular flexibility index (Phi) is 4.81. The molecule has 3 N–H and O–H groups in total. The molecule has 6 nitrogen and oxygen atoms in total. The van der Waals surface area contributed by atoms with Crippen LogP contribution < -0.4 is 0 Å². The van der Waals surface area contributed by atoms with Gasteiger partial charge in [0, 0.05) is 35.0 Å². The van der Waals surface area contributed by atoms with Gasteiger partial charge in [-0.3, -0.25) is 0 Å². The molecule has 1 aromatic carbocycles. The van der Waals surface area contributed by atoms with Gasteiger partial charge in [0.25, 0.3) is 0 Å². The molecule has 2 aromatic rings. The Morgan fingerprint density at radius 3 is 2.70 bits per heavy atom. The number of hydrogen-bond donors (Lipinski definition) is 3. The zero-order valence-electron chi connectivity index (χ0n) is 22.0. The Hall–Kier alpha value is -2.51. The number of nitrogens with zero attached hydrogens (tertiary/aromatic N) is 2. The zero-order chi connectivity index (χ0) is 25.9. The van der Waals surface area contributed by atoms with Crippen molar-refractivity contribution < 1.29 is 20.1 Å². The third-order valence-corrected chi connectivity index (χ3v) is 10.7. The number of likely N-dealkylation sites (N-methyl/N-ethyl adjacent to an activating group) is 1. The smallest absolute Gasteiger partial charge is 0.211 e. The predicted molar refractivity (Wildman–Crippen MR) is 143 cm³/mol. The average Bonchev–Trinajstić information content (AvgIpc) is 3.39. The van der Waals surface area contributed by atoms with Gasteiger partial charge < -0.3 is 25.0 Å². The molecule has 6 heteroatoms. The second-order valence-electron chi connectivity index (χ2n) is 12.5. The lowest BCUT2D eigenvalue weighted by Crippen LogP contribution is -2.62. The molecule has 2 unspecified atom stereocenters. The van der Waals surface area contributed by atoms with Crippen LogP contribution in [0.2, 0.25) is 0 Å². The summed E-state index contributed by atoms with van der Waals surface area (Å²) < 4.78 is 7.27. The molecule has 194 valence electrons. The number of fused-ring (bicyclic) bond motifs is 2. The van der Waals surface area contributed by atoms with Crippen molar-refractivity contribution in [2.45, 2.75) is 69.0 Å². The van der Waals surface area contributed by atoms with Crippen LogP contribution in [0, 0.1) is 17.3 Å². The van der Waals surface area contributed by atoms with Gasteiger partial charge >= 0.3 is 0 Å². The highest BCUT2D eigenvalue weighted by atomic mass is 16.5. The molecule has 7 rings (SSSR count). The first-order chi connectivity index (χ1) is 17.6. The number of pyridine rings is 1. The van der Waals surface area contributed by atoms with Crippen molar-refractivity contribution in [1.82, 2.24) is 9.88 Å². The second-order valence-corrected chi connectivity index (χ2v) is 12.5. The summed E-state index contributed by atoms with van der Waals surface area (Å²) in [6.07, 6.45) is 10.4. The number of aliphatic hydroxyl groups excluding tert-OH is 2. The lowest BCUT2D eigenvalue weighted by atomic mass is 9.54. The largest absolute Gasteiger partial charge is 0.493 e. The summed E-state index contributed by atoms with van der Waals surface area (Å²) in [5.41, 5.74) is 3.55. The first-order valence-corrected chi connectivity index (χ1v) is 13.6. The molecule has 0 radical (unpaired) electrons. The maximum Gasteiger partial charge on any atom is 0.211 e. The minimum absolute atomic E-state index is 0.0388. The summed E-state index contributed by atoms with van der Waals surface area (Å²) in [6.45, 7) is 4.69. The van der Waals surface area contributed by atoms with E-state index in [-0.39, 0.29) is 34.8 Å².